The van der Waals surface area contributed by atoms with Crippen molar-refractivity contribution in [3.8, 4) is 0 Å². The highest BCUT2D eigenvalue weighted by molar-refractivity contribution is 4.74. The fourth-order valence-electron chi connectivity index (χ4n) is 0.485. The Kier molecular flexibility index (Phi) is 15.0. The molecule has 0 spiro atoms. The van der Waals surface area contributed by atoms with Gasteiger partial charge in [0.25, 0.3) is 10.2 Å². The molecule has 0 aromatic carbocycles. The molecule has 17 heavy (non-hydrogen) atoms. The van der Waals surface area contributed by atoms with Crippen molar-refractivity contribution in [3.05, 3.63) is 20.2 Å². The standard InChI is InChI=1S/C6H14O3.2HNO3/c1-2-6(3-7,4-8)5-9;2*2-1(3)4/h7-9H,2-5H2,1H3;2*(H,2,3,4). The van der Waals surface area contributed by atoms with E-state index < -0.39 is 15.6 Å². The molecule has 0 radical (unpaired) electrons. The molecule has 0 amide bonds. The lowest BCUT2D eigenvalue weighted by atomic mass is 9.88. The topological polar surface area (TPSA) is 187 Å². The molecule has 11 heteroatoms. The van der Waals surface area contributed by atoms with Crippen molar-refractivity contribution < 1.29 is 35.9 Å². The molecule has 0 aliphatic rings. The average molecular weight is 260 g/mol. The number of aliphatic hydroxyl groups is 3. The second kappa shape index (κ2) is 12.4. The Labute approximate surface area is 95.8 Å². The van der Waals surface area contributed by atoms with E-state index in [0.29, 0.717) is 6.42 Å². The number of rotatable bonds is 4. The summed E-state index contributed by atoms with van der Waals surface area (Å²) in [7, 11) is 0. The Morgan fingerprint density at radius 2 is 1.12 bits per heavy atom. The molecule has 0 fully saturated rings. The zero-order valence-corrected chi connectivity index (χ0v) is 9.09. The first-order chi connectivity index (χ1) is 7.71. The predicted octanol–water partition coefficient (Wildman–Crippen LogP) is -1.34. The van der Waals surface area contributed by atoms with Crippen molar-refractivity contribution in [3.63, 3.8) is 0 Å². The van der Waals surface area contributed by atoms with E-state index in [4.69, 9.17) is 46.0 Å². The van der Waals surface area contributed by atoms with Crippen molar-refractivity contribution in [1.29, 1.82) is 0 Å². The zero-order valence-electron chi connectivity index (χ0n) is 9.09. The molecule has 0 bridgehead atoms. The molecule has 0 aromatic heterocycles. The van der Waals surface area contributed by atoms with Gasteiger partial charge in [-0.1, -0.05) is 6.92 Å². The summed E-state index contributed by atoms with van der Waals surface area (Å²) >= 11 is 0. The number of hydrogen-bond donors (Lipinski definition) is 5. The molecule has 0 atom stereocenters. The zero-order chi connectivity index (χ0) is 14.5. The van der Waals surface area contributed by atoms with Gasteiger partial charge in [-0.05, 0) is 6.42 Å². The second-order valence-electron chi connectivity index (χ2n) is 2.80. The van der Waals surface area contributed by atoms with Gasteiger partial charge >= 0.3 is 0 Å². The van der Waals surface area contributed by atoms with Crippen molar-refractivity contribution in [2.24, 2.45) is 5.41 Å². The van der Waals surface area contributed by atoms with Gasteiger partial charge in [-0.15, -0.1) is 20.2 Å². The quantitative estimate of drug-likeness (QED) is 0.301. The van der Waals surface area contributed by atoms with Crippen LogP contribution in [0.4, 0.5) is 0 Å². The van der Waals surface area contributed by atoms with Gasteiger partial charge in [0, 0.05) is 5.41 Å². The first kappa shape index (κ1) is 20.7. The molecule has 104 valence electrons. The third kappa shape index (κ3) is 20.4. The van der Waals surface area contributed by atoms with Gasteiger partial charge in [0.05, 0.1) is 19.8 Å². The summed E-state index contributed by atoms with van der Waals surface area (Å²) in [5.74, 6) is 0. The molecule has 11 nitrogen and oxygen atoms in total. The maximum absolute atomic E-state index is 8.66. The van der Waals surface area contributed by atoms with E-state index in [2.05, 4.69) is 0 Å². The summed E-state index contributed by atoms with van der Waals surface area (Å²) < 4.78 is 0. The Hall–Kier alpha value is -1.72. The highest BCUT2D eigenvalue weighted by Crippen LogP contribution is 2.18. The molecule has 0 aromatic rings. The summed E-state index contributed by atoms with van der Waals surface area (Å²) in [6.45, 7) is 1.35. The molecule has 0 saturated heterocycles. The monoisotopic (exact) mass is 260 g/mol. The molecule has 0 rings (SSSR count). The summed E-state index contributed by atoms with van der Waals surface area (Å²) in [5, 5.41) is 53.2. The van der Waals surface area contributed by atoms with Crippen LogP contribution in [0.1, 0.15) is 13.3 Å². The van der Waals surface area contributed by atoms with Gasteiger partial charge < -0.3 is 25.7 Å². The average Bonchev–Trinajstić information content (AvgIpc) is 2.20. The van der Waals surface area contributed by atoms with Crippen LogP contribution in [0.25, 0.3) is 0 Å². The van der Waals surface area contributed by atoms with Crippen molar-refractivity contribution in [1.82, 2.24) is 0 Å². The molecular weight excluding hydrogens is 244 g/mol. The molecular formula is C6H16N2O9. The predicted molar refractivity (Wildman–Crippen MR) is 51.5 cm³/mol. The lowest BCUT2D eigenvalue weighted by molar-refractivity contribution is -0.742. The van der Waals surface area contributed by atoms with Gasteiger partial charge in [-0.25, -0.2) is 0 Å². The third-order valence-corrected chi connectivity index (χ3v) is 1.76. The van der Waals surface area contributed by atoms with Crippen molar-refractivity contribution in [2.45, 2.75) is 13.3 Å². The number of aliphatic hydroxyl groups excluding tert-OH is 3. The Bertz CT molecular complexity index is 168. The summed E-state index contributed by atoms with van der Waals surface area (Å²) in [5.41, 5.74) is -0.667. The highest BCUT2D eigenvalue weighted by atomic mass is 16.9. The van der Waals surface area contributed by atoms with Crippen LogP contribution in [-0.2, 0) is 0 Å². The van der Waals surface area contributed by atoms with Crippen LogP contribution in [-0.4, -0.2) is 55.7 Å². The van der Waals surface area contributed by atoms with Gasteiger partial charge in [-0.3, -0.25) is 0 Å². The molecule has 0 aliphatic carbocycles. The van der Waals surface area contributed by atoms with Gasteiger partial charge in [-0.2, -0.15) is 0 Å². The fourth-order valence-corrected chi connectivity index (χ4v) is 0.485. The molecule has 0 aliphatic heterocycles. The van der Waals surface area contributed by atoms with E-state index in [1.54, 1.807) is 0 Å². The molecule has 5 N–H and O–H groups in total. The number of hydrogen-bond acceptors (Lipinski definition) is 7. The normalized spacial score (nSPS) is 9.18. The van der Waals surface area contributed by atoms with E-state index in [-0.39, 0.29) is 19.8 Å². The van der Waals surface area contributed by atoms with Crippen LogP contribution in [0.15, 0.2) is 0 Å². The van der Waals surface area contributed by atoms with Crippen LogP contribution < -0.4 is 0 Å². The van der Waals surface area contributed by atoms with Gasteiger partial charge in [0.2, 0.25) is 0 Å². The first-order valence-corrected chi connectivity index (χ1v) is 4.20. The molecule has 0 unspecified atom stereocenters. The van der Waals surface area contributed by atoms with Crippen molar-refractivity contribution >= 4 is 0 Å². The van der Waals surface area contributed by atoms with Crippen LogP contribution in [0.2, 0.25) is 0 Å². The Morgan fingerprint density at radius 1 is 0.941 bits per heavy atom. The highest BCUT2D eigenvalue weighted by Gasteiger charge is 2.24. The first-order valence-electron chi connectivity index (χ1n) is 4.20. The SMILES string of the molecule is CCC(CO)(CO)CO.O=[N+]([O-])O.O=[N+]([O-])O. The van der Waals surface area contributed by atoms with Crippen molar-refractivity contribution in [2.75, 3.05) is 19.8 Å². The van der Waals surface area contributed by atoms with Crippen LogP contribution in [0, 0.1) is 25.6 Å². The van der Waals surface area contributed by atoms with Gasteiger partial charge in [0.1, 0.15) is 0 Å². The van der Waals surface area contributed by atoms with Crippen LogP contribution in [0.5, 0.6) is 0 Å². The summed E-state index contributed by atoms with van der Waals surface area (Å²) in [6.07, 6.45) is 0.594. The third-order valence-electron chi connectivity index (χ3n) is 1.76. The summed E-state index contributed by atoms with van der Waals surface area (Å²) in [4.78, 5) is 16.7. The van der Waals surface area contributed by atoms with Crippen LogP contribution in [0.3, 0.4) is 0 Å². The number of nitrogens with zero attached hydrogens (tertiary/aromatic N) is 2. The van der Waals surface area contributed by atoms with E-state index in [1.807, 2.05) is 6.92 Å². The second-order valence-corrected chi connectivity index (χ2v) is 2.80. The lowest BCUT2D eigenvalue weighted by Gasteiger charge is -2.24. The smallest absolute Gasteiger partial charge is 0.291 e. The minimum absolute atomic E-state index is 0.156. The fraction of sp³-hybridized carbons (Fsp3) is 1.00. The van der Waals surface area contributed by atoms with Crippen LogP contribution >= 0.6 is 0 Å². The largest absolute Gasteiger partial charge is 0.396 e. The maximum Gasteiger partial charge on any atom is 0.291 e. The summed E-state index contributed by atoms with van der Waals surface area (Å²) in [6, 6.07) is 0. The van der Waals surface area contributed by atoms with Gasteiger partial charge in [0.15, 0.2) is 0 Å². The Morgan fingerprint density at radius 3 is 1.12 bits per heavy atom. The Balaban J connectivity index is -0.000000205. The maximum atomic E-state index is 8.66. The molecule has 0 heterocycles. The lowest BCUT2D eigenvalue weighted by Crippen LogP contribution is -2.32. The van der Waals surface area contributed by atoms with E-state index >= 15 is 0 Å². The molecule has 0 saturated carbocycles. The van der Waals surface area contributed by atoms with E-state index in [0.717, 1.165) is 0 Å². The van der Waals surface area contributed by atoms with E-state index in [1.165, 1.54) is 0 Å². The minimum atomic E-state index is -1.50. The minimum Gasteiger partial charge on any atom is -0.396 e. The van der Waals surface area contributed by atoms with E-state index in [9.17, 15) is 0 Å².